The summed E-state index contributed by atoms with van der Waals surface area (Å²) in [4.78, 5) is 23.7. The highest BCUT2D eigenvalue weighted by Gasteiger charge is 2.33. The lowest BCUT2D eigenvalue weighted by molar-refractivity contribution is -0.118. The first-order valence-corrected chi connectivity index (χ1v) is 4.45. The van der Waals surface area contributed by atoms with Crippen LogP contribution in [0.1, 0.15) is 12.8 Å². The van der Waals surface area contributed by atoms with Crippen LogP contribution in [0.4, 0.5) is 4.79 Å². The molecule has 2 aliphatic rings. The fourth-order valence-corrected chi connectivity index (χ4v) is 1.75. The van der Waals surface area contributed by atoms with Crippen molar-refractivity contribution in [2.75, 3.05) is 19.8 Å². The van der Waals surface area contributed by atoms with E-state index in [4.69, 9.17) is 4.74 Å². The molecule has 0 spiro atoms. The number of urea groups is 1. The molecule has 2 fully saturated rings. The molecule has 0 radical (unpaired) electrons. The lowest BCUT2D eigenvalue weighted by Gasteiger charge is -2.29. The molecule has 3 amide bonds. The Morgan fingerprint density at radius 3 is 2.54 bits per heavy atom. The van der Waals surface area contributed by atoms with Gasteiger partial charge in [-0.15, -0.1) is 0 Å². The smallest absolute Gasteiger partial charge is 0.324 e. The maximum Gasteiger partial charge on any atom is 0.324 e. The van der Waals surface area contributed by atoms with Gasteiger partial charge < -0.3 is 9.64 Å². The Kier molecular flexibility index (Phi) is 2.18. The molecule has 0 aromatic carbocycles. The first-order valence-electron chi connectivity index (χ1n) is 4.45. The molecule has 0 aliphatic carbocycles. The van der Waals surface area contributed by atoms with Crippen LogP contribution in [0.15, 0.2) is 0 Å². The van der Waals surface area contributed by atoms with E-state index in [9.17, 15) is 9.59 Å². The molecule has 2 aliphatic heterocycles. The van der Waals surface area contributed by atoms with Crippen LogP contribution in [0.5, 0.6) is 0 Å². The zero-order chi connectivity index (χ0) is 9.26. The highest BCUT2D eigenvalue weighted by atomic mass is 16.5. The van der Waals surface area contributed by atoms with Crippen molar-refractivity contribution in [3.8, 4) is 0 Å². The number of nitrogens with zero attached hydrogens (tertiary/aromatic N) is 1. The van der Waals surface area contributed by atoms with Crippen molar-refractivity contribution >= 4 is 11.9 Å². The number of rotatable bonds is 1. The van der Waals surface area contributed by atoms with Gasteiger partial charge in [0.2, 0.25) is 5.91 Å². The fraction of sp³-hybridized carbons (Fsp3) is 0.750. The molecular formula is C8H12N2O3. The second-order valence-corrected chi connectivity index (χ2v) is 3.32. The predicted octanol–water partition coefficient (Wildman–Crippen LogP) is -0.283. The van der Waals surface area contributed by atoms with E-state index >= 15 is 0 Å². The normalized spacial score (nSPS) is 25.1. The molecule has 0 bridgehead atoms. The Morgan fingerprint density at radius 1 is 1.31 bits per heavy atom. The average molecular weight is 184 g/mol. The van der Waals surface area contributed by atoms with Gasteiger partial charge in [-0.05, 0) is 12.8 Å². The Bertz CT molecular complexity index is 236. The molecule has 2 rings (SSSR count). The number of carbonyl (C=O) groups excluding carboxylic acids is 2. The summed E-state index contributed by atoms with van der Waals surface area (Å²) < 4.78 is 5.18. The lowest BCUT2D eigenvalue weighted by atomic mass is 10.1. The van der Waals surface area contributed by atoms with Gasteiger partial charge >= 0.3 is 6.03 Å². The van der Waals surface area contributed by atoms with Gasteiger partial charge in [0, 0.05) is 19.3 Å². The second-order valence-electron chi connectivity index (χ2n) is 3.32. The predicted molar refractivity (Wildman–Crippen MR) is 44.1 cm³/mol. The molecular weight excluding hydrogens is 172 g/mol. The first-order chi connectivity index (χ1) is 6.27. The number of hydrogen-bond donors (Lipinski definition) is 1. The van der Waals surface area contributed by atoms with Gasteiger partial charge in [0.15, 0.2) is 0 Å². The van der Waals surface area contributed by atoms with E-state index in [0.29, 0.717) is 13.2 Å². The van der Waals surface area contributed by atoms with Crippen LogP contribution in [0, 0.1) is 0 Å². The number of ether oxygens (including phenoxy) is 1. The van der Waals surface area contributed by atoms with Crippen molar-refractivity contribution in [3.63, 3.8) is 0 Å². The molecule has 2 heterocycles. The molecule has 5 nitrogen and oxygen atoms in total. The maximum atomic E-state index is 11.2. The van der Waals surface area contributed by atoms with E-state index in [1.165, 1.54) is 0 Å². The summed E-state index contributed by atoms with van der Waals surface area (Å²) in [6, 6.07) is -0.0721. The van der Waals surface area contributed by atoms with Crippen molar-refractivity contribution < 1.29 is 14.3 Å². The van der Waals surface area contributed by atoms with Crippen molar-refractivity contribution in [3.05, 3.63) is 0 Å². The highest BCUT2D eigenvalue weighted by molar-refractivity contribution is 6.02. The average Bonchev–Trinajstić information content (AvgIpc) is 2.47. The topological polar surface area (TPSA) is 58.6 Å². The van der Waals surface area contributed by atoms with Crippen LogP contribution in [0.3, 0.4) is 0 Å². The summed E-state index contributed by atoms with van der Waals surface area (Å²) in [5.41, 5.74) is 0. The van der Waals surface area contributed by atoms with Crippen molar-refractivity contribution in [2.45, 2.75) is 18.9 Å². The van der Waals surface area contributed by atoms with E-state index in [1.54, 1.807) is 4.90 Å². The summed E-state index contributed by atoms with van der Waals surface area (Å²) in [6.45, 7) is 1.58. The van der Waals surface area contributed by atoms with E-state index in [0.717, 1.165) is 12.8 Å². The van der Waals surface area contributed by atoms with E-state index < -0.39 is 0 Å². The molecule has 0 atom stereocenters. The molecule has 0 unspecified atom stereocenters. The largest absolute Gasteiger partial charge is 0.381 e. The van der Waals surface area contributed by atoms with Gasteiger partial charge in [-0.1, -0.05) is 0 Å². The lowest BCUT2D eigenvalue weighted by Crippen LogP contribution is -2.41. The van der Waals surface area contributed by atoms with Crippen LogP contribution < -0.4 is 5.32 Å². The molecule has 0 saturated carbocycles. The van der Waals surface area contributed by atoms with Crippen LogP contribution in [0.25, 0.3) is 0 Å². The quantitative estimate of drug-likeness (QED) is 0.570. The Labute approximate surface area is 76.0 Å². The Hall–Kier alpha value is -1.10. The van der Waals surface area contributed by atoms with Crippen molar-refractivity contribution in [1.82, 2.24) is 10.2 Å². The minimum atomic E-state index is -0.253. The summed E-state index contributed by atoms with van der Waals surface area (Å²) >= 11 is 0. The summed E-state index contributed by atoms with van der Waals surface area (Å²) in [6.07, 6.45) is 1.67. The number of amides is 3. The van der Waals surface area contributed by atoms with Gasteiger partial charge in [0.25, 0.3) is 0 Å². The molecule has 1 N–H and O–H groups in total. The number of carbonyl (C=O) groups is 2. The van der Waals surface area contributed by atoms with Crippen molar-refractivity contribution in [2.24, 2.45) is 0 Å². The second kappa shape index (κ2) is 3.33. The van der Waals surface area contributed by atoms with Crippen LogP contribution >= 0.6 is 0 Å². The first kappa shape index (κ1) is 8.50. The summed E-state index contributed by atoms with van der Waals surface area (Å²) in [5, 5.41) is 2.27. The van der Waals surface area contributed by atoms with Crippen LogP contribution in [-0.2, 0) is 9.53 Å². The number of imide groups is 1. The van der Waals surface area contributed by atoms with Gasteiger partial charge in [-0.2, -0.15) is 0 Å². The van der Waals surface area contributed by atoms with E-state index in [-0.39, 0.29) is 24.5 Å². The third kappa shape index (κ3) is 1.65. The highest BCUT2D eigenvalue weighted by Crippen LogP contribution is 2.16. The van der Waals surface area contributed by atoms with Crippen LogP contribution in [-0.4, -0.2) is 42.6 Å². The van der Waals surface area contributed by atoms with Crippen molar-refractivity contribution in [1.29, 1.82) is 0 Å². The van der Waals surface area contributed by atoms with Crippen LogP contribution in [0.2, 0.25) is 0 Å². The molecule has 5 heteroatoms. The molecule has 72 valence electrons. The SMILES string of the molecule is O=C1CN(C2CCOCC2)C(=O)N1. The van der Waals surface area contributed by atoms with Gasteiger partial charge in [0.05, 0.1) is 0 Å². The number of nitrogens with one attached hydrogen (secondary N) is 1. The third-order valence-corrected chi connectivity index (χ3v) is 2.45. The number of hydrogen-bond acceptors (Lipinski definition) is 3. The summed E-state index contributed by atoms with van der Waals surface area (Å²) in [7, 11) is 0. The standard InChI is InChI=1S/C8H12N2O3/c11-7-5-10(8(12)9-7)6-1-3-13-4-2-6/h6H,1-5H2,(H,9,11,12). The third-order valence-electron chi connectivity index (χ3n) is 2.45. The van der Waals surface area contributed by atoms with Gasteiger partial charge in [0.1, 0.15) is 6.54 Å². The molecule has 0 aromatic heterocycles. The molecule has 2 saturated heterocycles. The molecule has 0 aromatic rings. The summed E-state index contributed by atoms with van der Waals surface area (Å²) in [5.74, 6) is -0.198. The van der Waals surface area contributed by atoms with Gasteiger partial charge in [-0.25, -0.2) is 4.79 Å². The zero-order valence-electron chi connectivity index (χ0n) is 7.28. The van der Waals surface area contributed by atoms with E-state index in [1.807, 2.05) is 0 Å². The minimum Gasteiger partial charge on any atom is -0.381 e. The fourth-order valence-electron chi connectivity index (χ4n) is 1.75. The minimum absolute atomic E-state index is 0.181. The maximum absolute atomic E-state index is 11.2. The van der Waals surface area contributed by atoms with E-state index in [2.05, 4.69) is 5.32 Å². The molecule has 13 heavy (non-hydrogen) atoms. The van der Waals surface area contributed by atoms with Gasteiger partial charge in [-0.3, -0.25) is 10.1 Å². The monoisotopic (exact) mass is 184 g/mol. The zero-order valence-corrected chi connectivity index (χ0v) is 7.28. The Balaban J connectivity index is 1.99. The Morgan fingerprint density at radius 2 is 2.00 bits per heavy atom.